The van der Waals surface area contributed by atoms with Crippen LogP contribution in [0.4, 0.5) is 4.79 Å². The van der Waals surface area contributed by atoms with Crippen LogP contribution in [0.3, 0.4) is 0 Å². The summed E-state index contributed by atoms with van der Waals surface area (Å²) in [5, 5.41) is 0. The van der Waals surface area contributed by atoms with Gasteiger partial charge in [-0.3, -0.25) is 4.90 Å². The lowest BCUT2D eigenvalue weighted by atomic mass is 10.1. The number of rotatable bonds is 4. The van der Waals surface area contributed by atoms with E-state index in [-0.39, 0.29) is 18.2 Å². The number of amides is 1. The fourth-order valence-electron chi connectivity index (χ4n) is 2.00. The lowest BCUT2D eigenvalue weighted by molar-refractivity contribution is 0.0126. The van der Waals surface area contributed by atoms with Gasteiger partial charge >= 0.3 is 6.09 Å². The van der Waals surface area contributed by atoms with Crippen LogP contribution in [0.15, 0.2) is 43.0 Å². The summed E-state index contributed by atoms with van der Waals surface area (Å²) in [6.07, 6.45) is 1.44. The highest BCUT2D eigenvalue weighted by Gasteiger charge is 2.29. The third-order valence-corrected chi connectivity index (χ3v) is 3.08. The average Bonchev–Trinajstić information content (AvgIpc) is 2.37. The van der Waals surface area contributed by atoms with Crippen LogP contribution in [0, 0.1) is 0 Å². The van der Waals surface area contributed by atoms with Gasteiger partial charge in [-0.2, -0.15) is 0 Å². The van der Waals surface area contributed by atoms with Crippen molar-refractivity contribution in [3.63, 3.8) is 0 Å². The van der Waals surface area contributed by atoms with Crippen molar-refractivity contribution in [1.29, 1.82) is 0 Å². The molecule has 110 valence electrons. The molecular formula is C17H25NO2. The maximum Gasteiger partial charge on any atom is 0.411 e. The average molecular weight is 275 g/mol. The number of carbonyl (C=O) groups is 1. The molecule has 2 unspecified atom stereocenters. The second kappa shape index (κ2) is 6.60. The zero-order chi connectivity index (χ0) is 15.3. The summed E-state index contributed by atoms with van der Waals surface area (Å²) < 4.78 is 5.50. The molecule has 0 N–H and O–H groups in total. The molecule has 1 aromatic carbocycles. The predicted molar refractivity (Wildman–Crippen MR) is 82.6 cm³/mol. The standard InChI is InChI=1S/C17H25NO2/c1-7-13(2)18(16(19)20-17(4,5)6)14(3)15-11-9-8-10-12-15/h7-14H,1H2,2-6H3. The summed E-state index contributed by atoms with van der Waals surface area (Å²) in [6, 6.07) is 9.76. The SMILES string of the molecule is C=CC(C)N(C(=O)OC(C)(C)C)C(C)c1ccccc1. The van der Waals surface area contributed by atoms with Crippen LogP contribution >= 0.6 is 0 Å². The molecule has 3 heteroatoms. The molecule has 1 amide bonds. The van der Waals surface area contributed by atoms with Crippen LogP contribution in [0.5, 0.6) is 0 Å². The summed E-state index contributed by atoms with van der Waals surface area (Å²) in [5.41, 5.74) is 0.569. The minimum absolute atomic E-state index is 0.0703. The summed E-state index contributed by atoms with van der Waals surface area (Å²) in [4.78, 5) is 14.1. The molecule has 0 aromatic heterocycles. The highest BCUT2D eigenvalue weighted by atomic mass is 16.6. The van der Waals surface area contributed by atoms with E-state index in [4.69, 9.17) is 4.74 Å². The maximum atomic E-state index is 12.4. The lowest BCUT2D eigenvalue weighted by Gasteiger charge is -2.35. The van der Waals surface area contributed by atoms with E-state index in [0.29, 0.717) is 0 Å². The molecule has 2 atom stereocenters. The monoisotopic (exact) mass is 275 g/mol. The van der Waals surface area contributed by atoms with Gasteiger partial charge in [-0.15, -0.1) is 6.58 Å². The van der Waals surface area contributed by atoms with Crippen molar-refractivity contribution in [2.75, 3.05) is 0 Å². The van der Waals surface area contributed by atoms with E-state index in [1.807, 2.05) is 65.0 Å². The molecule has 0 heterocycles. The van der Waals surface area contributed by atoms with Crippen LogP contribution in [-0.4, -0.2) is 22.6 Å². The topological polar surface area (TPSA) is 29.5 Å². The van der Waals surface area contributed by atoms with Crippen molar-refractivity contribution in [2.24, 2.45) is 0 Å². The molecule has 0 saturated carbocycles. The van der Waals surface area contributed by atoms with Crippen LogP contribution in [-0.2, 0) is 4.74 Å². The van der Waals surface area contributed by atoms with Gasteiger partial charge in [-0.05, 0) is 40.2 Å². The van der Waals surface area contributed by atoms with Gasteiger partial charge in [0.15, 0.2) is 0 Å². The minimum Gasteiger partial charge on any atom is -0.444 e. The van der Waals surface area contributed by atoms with E-state index >= 15 is 0 Å². The Kier molecular flexibility index (Phi) is 5.37. The van der Waals surface area contributed by atoms with E-state index in [9.17, 15) is 4.79 Å². The fraction of sp³-hybridized carbons (Fsp3) is 0.471. The molecule has 0 spiro atoms. The van der Waals surface area contributed by atoms with E-state index in [0.717, 1.165) is 5.56 Å². The first-order valence-corrected chi connectivity index (χ1v) is 6.95. The van der Waals surface area contributed by atoms with Gasteiger partial charge in [0.1, 0.15) is 5.60 Å². The Morgan fingerprint density at radius 1 is 1.25 bits per heavy atom. The van der Waals surface area contributed by atoms with Crippen LogP contribution in [0.1, 0.15) is 46.2 Å². The van der Waals surface area contributed by atoms with Gasteiger partial charge in [0.2, 0.25) is 0 Å². The molecule has 0 aliphatic rings. The Morgan fingerprint density at radius 3 is 2.25 bits per heavy atom. The minimum atomic E-state index is -0.507. The first kappa shape index (κ1) is 16.3. The maximum absolute atomic E-state index is 12.4. The zero-order valence-corrected chi connectivity index (χ0v) is 13.1. The zero-order valence-electron chi connectivity index (χ0n) is 13.1. The number of ether oxygens (including phenoxy) is 1. The molecule has 20 heavy (non-hydrogen) atoms. The molecule has 0 aliphatic carbocycles. The van der Waals surface area contributed by atoms with Crippen LogP contribution in [0.2, 0.25) is 0 Å². The third-order valence-electron chi connectivity index (χ3n) is 3.08. The van der Waals surface area contributed by atoms with Crippen molar-refractivity contribution in [3.8, 4) is 0 Å². The number of benzene rings is 1. The van der Waals surface area contributed by atoms with Crippen LogP contribution < -0.4 is 0 Å². The smallest absolute Gasteiger partial charge is 0.411 e. The Hall–Kier alpha value is -1.77. The molecular weight excluding hydrogens is 250 g/mol. The fourth-order valence-corrected chi connectivity index (χ4v) is 2.00. The highest BCUT2D eigenvalue weighted by molar-refractivity contribution is 5.69. The van der Waals surface area contributed by atoms with Gasteiger partial charge in [-0.25, -0.2) is 4.79 Å². The van der Waals surface area contributed by atoms with Gasteiger partial charge in [0.05, 0.1) is 12.1 Å². The second-order valence-electron chi connectivity index (χ2n) is 5.95. The van der Waals surface area contributed by atoms with Crippen molar-refractivity contribution in [2.45, 2.75) is 52.3 Å². The molecule has 3 nitrogen and oxygen atoms in total. The second-order valence-corrected chi connectivity index (χ2v) is 5.95. The lowest BCUT2D eigenvalue weighted by Crippen LogP contribution is -2.42. The van der Waals surface area contributed by atoms with Crippen LogP contribution in [0.25, 0.3) is 0 Å². The van der Waals surface area contributed by atoms with Gasteiger partial charge in [0, 0.05) is 0 Å². The van der Waals surface area contributed by atoms with Crippen molar-refractivity contribution in [3.05, 3.63) is 48.6 Å². The molecule has 1 aromatic rings. The molecule has 1 rings (SSSR count). The number of hydrogen-bond donors (Lipinski definition) is 0. The molecule has 0 fully saturated rings. The summed E-state index contributed by atoms with van der Waals surface area (Å²) in [7, 11) is 0. The van der Waals surface area contributed by atoms with Crippen molar-refractivity contribution in [1.82, 2.24) is 4.90 Å². The Morgan fingerprint density at radius 2 is 1.80 bits per heavy atom. The predicted octanol–water partition coefficient (Wildman–Crippen LogP) is 4.56. The van der Waals surface area contributed by atoms with E-state index in [1.165, 1.54) is 0 Å². The first-order valence-electron chi connectivity index (χ1n) is 6.95. The number of hydrogen-bond acceptors (Lipinski definition) is 2. The summed E-state index contributed by atoms with van der Waals surface area (Å²) in [6.45, 7) is 13.3. The largest absolute Gasteiger partial charge is 0.444 e. The van der Waals surface area contributed by atoms with Crippen molar-refractivity contribution >= 4 is 6.09 Å². The molecule has 0 bridgehead atoms. The van der Waals surface area contributed by atoms with E-state index in [1.54, 1.807) is 11.0 Å². The summed E-state index contributed by atoms with van der Waals surface area (Å²) >= 11 is 0. The van der Waals surface area contributed by atoms with Gasteiger partial charge in [-0.1, -0.05) is 36.4 Å². The number of carbonyl (C=O) groups excluding carboxylic acids is 1. The Bertz CT molecular complexity index is 448. The normalized spacial score (nSPS) is 14.2. The molecule has 0 aliphatic heterocycles. The Labute approximate surface area is 122 Å². The quantitative estimate of drug-likeness (QED) is 0.754. The third kappa shape index (κ3) is 4.41. The highest BCUT2D eigenvalue weighted by Crippen LogP contribution is 2.25. The van der Waals surface area contributed by atoms with Gasteiger partial charge in [0.25, 0.3) is 0 Å². The first-order chi connectivity index (χ1) is 9.26. The molecule has 0 saturated heterocycles. The molecule has 0 radical (unpaired) electrons. The Balaban J connectivity index is 3.01. The van der Waals surface area contributed by atoms with E-state index in [2.05, 4.69) is 6.58 Å². The van der Waals surface area contributed by atoms with Crippen molar-refractivity contribution < 1.29 is 9.53 Å². The van der Waals surface area contributed by atoms with E-state index < -0.39 is 5.60 Å². The van der Waals surface area contributed by atoms with Gasteiger partial charge < -0.3 is 4.74 Å². The summed E-state index contributed by atoms with van der Waals surface area (Å²) in [5.74, 6) is 0. The number of nitrogens with zero attached hydrogens (tertiary/aromatic N) is 1.